The summed E-state index contributed by atoms with van der Waals surface area (Å²) in [7, 11) is 0. The number of carbonyl (C=O) groups is 1. The standard InChI is InChI=1S/C20H18ClN3O2/c1-2-24(17-6-4-3-5-7-17)20(26)13-23-14-22-18(12-19(23)25)15-8-10-16(21)11-9-15/h3-12,14H,2,13H2,1H3. The zero-order valence-electron chi connectivity index (χ0n) is 14.3. The van der Waals surface area contributed by atoms with Crippen LogP contribution in [0.2, 0.25) is 5.02 Å². The summed E-state index contributed by atoms with van der Waals surface area (Å²) in [5, 5.41) is 0.619. The Balaban J connectivity index is 1.80. The monoisotopic (exact) mass is 367 g/mol. The van der Waals surface area contributed by atoms with Crippen LogP contribution in [0.4, 0.5) is 5.69 Å². The molecule has 1 heterocycles. The van der Waals surface area contributed by atoms with Gasteiger partial charge in [0.25, 0.3) is 5.56 Å². The summed E-state index contributed by atoms with van der Waals surface area (Å²) < 4.78 is 1.31. The number of nitrogens with zero attached hydrogens (tertiary/aromatic N) is 3. The first-order valence-corrected chi connectivity index (χ1v) is 8.64. The fraction of sp³-hybridized carbons (Fsp3) is 0.150. The van der Waals surface area contributed by atoms with E-state index in [4.69, 9.17) is 11.6 Å². The van der Waals surface area contributed by atoms with Crippen LogP contribution in [0.3, 0.4) is 0 Å². The minimum absolute atomic E-state index is 0.0601. The molecule has 0 radical (unpaired) electrons. The van der Waals surface area contributed by atoms with Gasteiger partial charge in [-0.05, 0) is 31.2 Å². The molecule has 3 aromatic rings. The fourth-order valence-corrected chi connectivity index (χ4v) is 2.79. The summed E-state index contributed by atoms with van der Waals surface area (Å²) in [5.74, 6) is -0.165. The number of para-hydroxylation sites is 1. The Labute approximate surface area is 156 Å². The van der Waals surface area contributed by atoms with Gasteiger partial charge in [0.1, 0.15) is 6.54 Å². The SMILES string of the molecule is CCN(C(=O)Cn1cnc(-c2ccc(Cl)cc2)cc1=O)c1ccccc1. The highest BCUT2D eigenvalue weighted by Gasteiger charge is 2.15. The molecule has 0 fully saturated rings. The molecule has 0 unspecified atom stereocenters. The summed E-state index contributed by atoms with van der Waals surface area (Å²) >= 11 is 5.88. The predicted molar refractivity (Wildman–Crippen MR) is 103 cm³/mol. The van der Waals surface area contributed by atoms with Gasteiger partial charge in [0, 0.05) is 28.9 Å². The molecule has 6 heteroatoms. The summed E-state index contributed by atoms with van der Waals surface area (Å²) in [6.45, 7) is 2.36. The normalized spacial score (nSPS) is 10.5. The molecule has 26 heavy (non-hydrogen) atoms. The summed E-state index contributed by atoms with van der Waals surface area (Å²) in [6.07, 6.45) is 1.41. The van der Waals surface area contributed by atoms with Crippen molar-refractivity contribution in [2.24, 2.45) is 0 Å². The Morgan fingerprint density at radius 2 is 1.81 bits per heavy atom. The first-order chi connectivity index (χ1) is 12.6. The highest BCUT2D eigenvalue weighted by Crippen LogP contribution is 2.18. The number of halogens is 1. The van der Waals surface area contributed by atoms with Gasteiger partial charge in [-0.15, -0.1) is 0 Å². The first kappa shape index (κ1) is 17.9. The Morgan fingerprint density at radius 3 is 2.42 bits per heavy atom. The van der Waals surface area contributed by atoms with Crippen LogP contribution >= 0.6 is 11.6 Å². The second kappa shape index (κ2) is 7.97. The minimum Gasteiger partial charge on any atom is -0.311 e. The van der Waals surface area contributed by atoms with Gasteiger partial charge in [-0.3, -0.25) is 14.2 Å². The maximum absolute atomic E-state index is 12.6. The second-order valence-electron chi connectivity index (χ2n) is 5.72. The molecular formula is C20H18ClN3O2. The van der Waals surface area contributed by atoms with Crippen molar-refractivity contribution in [1.29, 1.82) is 0 Å². The molecule has 1 aromatic heterocycles. The molecule has 0 atom stereocenters. The number of likely N-dealkylation sites (N-methyl/N-ethyl adjacent to an activating group) is 1. The van der Waals surface area contributed by atoms with Crippen LogP contribution in [0.5, 0.6) is 0 Å². The van der Waals surface area contributed by atoms with Crippen molar-refractivity contribution < 1.29 is 4.79 Å². The Morgan fingerprint density at radius 1 is 1.12 bits per heavy atom. The van der Waals surface area contributed by atoms with Gasteiger partial charge >= 0.3 is 0 Å². The van der Waals surface area contributed by atoms with Crippen molar-refractivity contribution in [2.75, 3.05) is 11.4 Å². The zero-order chi connectivity index (χ0) is 18.5. The number of rotatable bonds is 5. The van der Waals surface area contributed by atoms with Gasteiger partial charge in [-0.25, -0.2) is 4.98 Å². The number of carbonyl (C=O) groups excluding carboxylic acids is 1. The van der Waals surface area contributed by atoms with E-state index in [9.17, 15) is 9.59 Å². The molecule has 3 rings (SSSR count). The zero-order valence-corrected chi connectivity index (χ0v) is 15.1. The molecule has 0 saturated heterocycles. The van der Waals surface area contributed by atoms with E-state index in [0.717, 1.165) is 11.3 Å². The predicted octanol–water partition coefficient (Wildman–Crippen LogP) is 3.62. The van der Waals surface area contributed by atoms with Crippen LogP contribution in [0.25, 0.3) is 11.3 Å². The number of aromatic nitrogens is 2. The summed E-state index contributed by atoms with van der Waals surface area (Å²) in [6, 6.07) is 17.9. The molecule has 0 aliphatic heterocycles. The number of anilines is 1. The molecule has 1 amide bonds. The largest absolute Gasteiger partial charge is 0.311 e. The van der Waals surface area contributed by atoms with Gasteiger partial charge in [-0.1, -0.05) is 41.9 Å². The van der Waals surface area contributed by atoms with Crippen LogP contribution in [0.1, 0.15) is 6.92 Å². The lowest BCUT2D eigenvalue weighted by atomic mass is 10.1. The van der Waals surface area contributed by atoms with Crippen molar-refractivity contribution in [1.82, 2.24) is 9.55 Å². The third kappa shape index (κ3) is 4.00. The molecule has 0 aliphatic rings. The Hall–Kier alpha value is -2.92. The molecule has 5 nitrogen and oxygen atoms in total. The third-order valence-corrected chi connectivity index (χ3v) is 4.26. The van der Waals surface area contributed by atoms with E-state index in [0.29, 0.717) is 17.3 Å². The Kier molecular flexibility index (Phi) is 5.49. The van der Waals surface area contributed by atoms with Gasteiger partial charge in [0.15, 0.2) is 0 Å². The van der Waals surface area contributed by atoms with E-state index in [1.807, 2.05) is 37.3 Å². The van der Waals surface area contributed by atoms with Crippen LogP contribution < -0.4 is 10.5 Å². The molecule has 2 aromatic carbocycles. The van der Waals surface area contributed by atoms with Gasteiger partial charge in [0.05, 0.1) is 12.0 Å². The molecule has 0 N–H and O–H groups in total. The van der Waals surface area contributed by atoms with Gasteiger partial charge in [0.2, 0.25) is 5.91 Å². The van der Waals surface area contributed by atoms with Gasteiger partial charge < -0.3 is 4.90 Å². The highest BCUT2D eigenvalue weighted by molar-refractivity contribution is 6.30. The molecule has 0 bridgehead atoms. The third-order valence-electron chi connectivity index (χ3n) is 4.01. The molecular weight excluding hydrogens is 350 g/mol. The molecule has 132 valence electrons. The van der Waals surface area contributed by atoms with E-state index < -0.39 is 0 Å². The van der Waals surface area contributed by atoms with Crippen LogP contribution in [0, 0.1) is 0 Å². The average Bonchev–Trinajstić information content (AvgIpc) is 2.65. The quantitative estimate of drug-likeness (QED) is 0.692. The lowest BCUT2D eigenvalue weighted by Gasteiger charge is -2.21. The van der Waals surface area contributed by atoms with Crippen molar-refractivity contribution in [3.8, 4) is 11.3 Å². The van der Waals surface area contributed by atoms with Crippen LogP contribution in [0.15, 0.2) is 71.8 Å². The van der Waals surface area contributed by atoms with Crippen molar-refractivity contribution in [3.05, 3.63) is 82.4 Å². The highest BCUT2D eigenvalue weighted by atomic mass is 35.5. The van der Waals surface area contributed by atoms with Crippen molar-refractivity contribution in [3.63, 3.8) is 0 Å². The minimum atomic E-state index is -0.276. The number of benzene rings is 2. The van der Waals surface area contributed by atoms with Gasteiger partial charge in [-0.2, -0.15) is 0 Å². The lowest BCUT2D eigenvalue weighted by molar-refractivity contribution is -0.119. The Bertz CT molecular complexity index is 953. The van der Waals surface area contributed by atoms with E-state index in [-0.39, 0.29) is 18.0 Å². The van der Waals surface area contributed by atoms with E-state index in [1.165, 1.54) is 17.0 Å². The fourth-order valence-electron chi connectivity index (χ4n) is 2.67. The molecule has 0 saturated carbocycles. The summed E-state index contributed by atoms with van der Waals surface area (Å²) in [5.41, 5.74) is 1.87. The number of hydrogen-bond acceptors (Lipinski definition) is 3. The van der Waals surface area contributed by atoms with E-state index in [2.05, 4.69) is 4.98 Å². The van der Waals surface area contributed by atoms with Crippen LogP contribution in [-0.2, 0) is 11.3 Å². The lowest BCUT2D eigenvalue weighted by Crippen LogP contribution is -2.36. The molecule has 0 aliphatic carbocycles. The van der Waals surface area contributed by atoms with Crippen molar-refractivity contribution in [2.45, 2.75) is 13.5 Å². The maximum Gasteiger partial charge on any atom is 0.254 e. The maximum atomic E-state index is 12.6. The van der Waals surface area contributed by atoms with Crippen molar-refractivity contribution >= 4 is 23.2 Å². The number of hydrogen-bond donors (Lipinski definition) is 0. The second-order valence-corrected chi connectivity index (χ2v) is 6.16. The smallest absolute Gasteiger partial charge is 0.254 e. The first-order valence-electron chi connectivity index (χ1n) is 8.26. The average molecular weight is 368 g/mol. The van der Waals surface area contributed by atoms with E-state index >= 15 is 0 Å². The number of amides is 1. The van der Waals surface area contributed by atoms with Crippen LogP contribution in [-0.4, -0.2) is 22.0 Å². The topological polar surface area (TPSA) is 55.2 Å². The summed E-state index contributed by atoms with van der Waals surface area (Å²) in [4.78, 5) is 30.9. The van der Waals surface area contributed by atoms with E-state index in [1.54, 1.807) is 29.2 Å². The molecule has 0 spiro atoms.